The number of aliphatic hydroxyl groups excluding tert-OH is 1. The van der Waals surface area contributed by atoms with Crippen LogP contribution in [-0.2, 0) is 10.1 Å². The summed E-state index contributed by atoms with van der Waals surface area (Å²) < 4.78 is 31.5. The Morgan fingerprint density at radius 2 is 2.06 bits per heavy atom. The van der Waals surface area contributed by atoms with Crippen LogP contribution in [-0.4, -0.2) is 29.7 Å². The number of hydrogen-bond donors (Lipinski definition) is 2. The van der Waals surface area contributed by atoms with Crippen LogP contribution >= 0.6 is 0 Å². The lowest BCUT2D eigenvalue weighted by Crippen LogP contribution is -2.13. The van der Waals surface area contributed by atoms with Crippen molar-refractivity contribution in [2.45, 2.75) is 24.5 Å². The fourth-order valence-electron chi connectivity index (χ4n) is 1.46. The molecule has 0 saturated heterocycles. The molecule has 0 spiro atoms. The van der Waals surface area contributed by atoms with Gasteiger partial charge in [-0.1, -0.05) is 6.07 Å². The van der Waals surface area contributed by atoms with E-state index in [2.05, 4.69) is 4.98 Å². The van der Waals surface area contributed by atoms with Gasteiger partial charge in [-0.2, -0.15) is 8.42 Å². The molecule has 6 heteroatoms. The summed E-state index contributed by atoms with van der Waals surface area (Å²) >= 11 is 0. The zero-order chi connectivity index (χ0) is 12.0. The van der Waals surface area contributed by atoms with Crippen molar-refractivity contribution in [3.63, 3.8) is 0 Å². The van der Waals surface area contributed by atoms with E-state index >= 15 is 0 Å². The van der Waals surface area contributed by atoms with Crippen molar-refractivity contribution in [3.8, 4) is 0 Å². The van der Waals surface area contributed by atoms with E-state index in [4.69, 9.17) is 9.66 Å². The first-order valence-electron chi connectivity index (χ1n) is 5.04. The summed E-state index contributed by atoms with van der Waals surface area (Å²) in [5, 5.41) is 7.63. The molecule has 1 aromatic heterocycles. The van der Waals surface area contributed by atoms with Crippen molar-refractivity contribution in [1.82, 2.24) is 4.98 Å². The maximum absolute atomic E-state index is 11.2. The smallest absolute Gasteiger partial charge is 0.273 e. The summed E-state index contributed by atoms with van der Waals surface area (Å²) in [5.74, 6) is 0. The molecule has 5 nitrogen and oxygen atoms in total. The van der Waals surface area contributed by atoms with Gasteiger partial charge in [0.2, 0.25) is 0 Å². The highest BCUT2D eigenvalue weighted by Gasteiger charge is 2.25. The summed E-state index contributed by atoms with van der Waals surface area (Å²) in [6.07, 6.45) is 2.78. The summed E-state index contributed by atoms with van der Waals surface area (Å²) in [5.41, 5.74) is 0.336. The number of hydrogen-bond acceptors (Lipinski definition) is 4. The monoisotopic (exact) mass is 245 g/mol. The third-order valence-corrected chi connectivity index (χ3v) is 3.45. The van der Waals surface area contributed by atoms with Crippen LogP contribution in [0.5, 0.6) is 0 Å². The van der Waals surface area contributed by atoms with Crippen LogP contribution in [0.2, 0.25) is 0 Å². The predicted molar refractivity (Wildman–Crippen MR) is 59.5 cm³/mol. The number of aromatic nitrogens is 1. The second kappa shape index (κ2) is 5.93. The number of rotatable bonds is 6. The minimum atomic E-state index is -4.14. The van der Waals surface area contributed by atoms with E-state index in [-0.39, 0.29) is 13.0 Å². The van der Waals surface area contributed by atoms with E-state index in [1.807, 2.05) is 0 Å². The Bertz CT molecular complexity index is 404. The average Bonchev–Trinajstić information content (AvgIpc) is 2.24. The third kappa shape index (κ3) is 3.88. The maximum Gasteiger partial charge on any atom is 0.273 e. The van der Waals surface area contributed by atoms with Crippen LogP contribution in [0.3, 0.4) is 0 Å². The number of aliphatic hydroxyl groups is 1. The first kappa shape index (κ1) is 13.1. The minimum Gasteiger partial charge on any atom is -0.396 e. The Balaban J connectivity index is 2.81. The van der Waals surface area contributed by atoms with Gasteiger partial charge < -0.3 is 5.11 Å². The molecule has 16 heavy (non-hydrogen) atoms. The van der Waals surface area contributed by atoms with E-state index < -0.39 is 15.4 Å². The molecule has 0 saturated carbocycles. The van der Waals surface area contributed by atoms with Gasteiger partial charge in [0.15, 0.2) is 0 Å². The van der Waals surface area contributed by atoms with Crippen molar-refractivity contribution < 1.29 is 18.1 Å². The molecule has 0 aliphatic rings. The molecule has 1 rings (SSSR count). The SMILES string of the molecule is O=S(=O)(O)C(CCCCO)c1ccccn1. The summed E-state index contributed by atoms with van der Waals surface area (Å²) in [6, 6.07) is 4.92. The fraction of sp³-hybridized carbons (Fsp3) is 0.500. The normalized spacial score (nSPS) is 13.6. The Labute approximate surface area is 94.9 Å². The van der Waals surface area contributed by atoms with Crippen LogP contribution in [0.15, 0.2) is 24.4 Å². The highest BCUT2D eigenvalue weighted by atomic mass is 32.2. The van der Waals surface area contributed by atoms with Gasteiger partial charge in [0, 0.05) is 12.8 Å². The Hall–Kier alpha value is -0.980. The van der Waals surface area contributed by atoms with Crippen LogP contribution in [0.1, 0.15) is 30.2 Å². The Kier molecular flexibility index (Phi) is 4.85. The lowest BCUT2D eigenvalue weighted by atomic mass is 10.1. The number of nitrogens with zero attached hydrogens (tertiary/aromatic N) is 1. The quantitative estimate of drug-likeness (QED) is 0.580. The summed E-state index contributed by atoms with van der Waals surface area (Å²) in [6.45, 7) is 0.0143. The maximum atomic E-state index is 11.2. The molecular weight excluding hydrogens is 230 g/mol. The molecule has 0 bridgehead atoms. The molecule has 1 unspecified atom stereocenters. The second-order valence-corrected chi connectivity index (χ2v) is 5.08. The topological polar surface area (TPSA) is 87.5 Å². The standard InChI is InChI=1S/C10H15NO4S/c12-8-4-2-6-10(16(13,14)15)9-5-1-3-7-11-9/h1,3,5,7,10,12H,2,4,6,8H2,(H,13,14,15). The molecule has 1 aromatic rings. The van der Waals surface area contributed by atoms with E-state index in [0.717, 1.165) is 0 Å². The molecule has 0 fully saturated rings. The van der Waals surface area contributed by atoms with Crippen molar-refractivity contribution in [2.24, 2.45) is 0 Å². The first-order chi connectivity index (χ1) is 7.55. The minimum absolute atomic E-state index is 0.0143. The largest absolute Gasteiger partial charge is 0.396 e. The molecule has 2 N–H and O–H groups in total. The molecule has 90 valence electrons. The average molecular weight is 245 g/mol. The van der Waals surface area contributed by atoms with E-state index in [0.29, 0.717) is 18.5 Å². The van der Waals surface area contributed by atoms with Gasteiger partial charge in [-0.25, -0.2) is 0 Å². The lowest BCUT2D eigenvalue weighted by molar-refractivity contribution is 0.282. The van der Waals surface area contributed by atoms with Gasteiger partial charge in [0.05, 0.1) is 5.69 Å². The number of pyridine rings is 1. The molecule has 0 aliphatic carbocycles. The summed E-state index contributed by atoms with van der Waals surface area (Å²) in [7, 11) is -4.14. The predicted octanol–water partition coefficient (Wildman–Crippen LogP) is 1.17. The zero-order valence-electron chi connectivity index (χ0n) is 8.78. The highest BCUT2D eigenvalue weighted by Crippen LogP contribution is 2.25. The first-order valence-corrected chi connectivity index (χ1v) is 6.54. The number of unbranched alkanes of at least 4 members (excludes halogenated alkanes) is 1. The van der Waals surface area contributed by atoms with Crippen LogP contribution < -0.4 is 0 Å². The molecule has 1 heterocycles. The Morgan fingerprint density at radius 1 is 1.31 bits per heavy atom. The van der Waals surface area contributed by atoms with Crippen LogP contribution in [0.4, 0.5) is 0 Å². The van der Waals surface area contributed by atoms with E-state index in [1.165, 1.54) is 6.20 Å². The molecule has 0 aliphatic heterocycles. The molecule has 0 radical (unpaired) electrons. The van der Waals surface area contributed by atoms with Gasteiger partial charge in [-0.15, -0.1) is 0 Å². The summed E-state index contributed by atoms with van der Waals surface area (Å²) in [4.78, 5) is 3.92. The van der Waals surface area contributed by atoms with Crippen molar-refractivity contribution in [1.29, 1.82) is 0 Å². The van der Waals surface area contributed by atoms with Crippen molar-refractivity contribution in [2.75, 3.05) is 6.61 Å². The van der Waals surface area contributed by atoms with E-state index in [9.17, 15) is 8.42 Å². The third-order valence-electron chi connectivity index (χ3n) is 2.25. The van der Waals surface area contributed by atoms with Gasteiger partial charge in [0.25, 0.3) is 10.1 Å². The van der Waals surface area contributed by atoms with Crippen LogP contribution in [0, 0.1) is 0 Å². The second-order valence-electron chi connectivity index (χ2n) is 3.48. The van der Waals surface area contributed by atoms with Gasteiger partial charge in [0.1, 0.15) is 5.25 Å². The zero-order valence-corrected chi connectivity index (χ0v) is 9.60. The van der Waals surface area contributed by atoms with Crippen LogP contribution in [0.25, 0.3) is 0 Å². The molecule has 0 aromatic carbocycles. The molecular formula is C10H15NO4S. The Morgan fingerprint density at radius 3 is 2.56 bits per heavy atom. The lowest BCUT2D eigenvalue weighted by Gasteiger charge is -2.12. The van der Waals surface area contributed by atoms with Crippen molar-refractivity contribution in [3.05, 3.63) is 30.1 Å². The van der Waals surface area contributed by atoms with Gasteiger partial charge in [-0.3, -0.25) is 9.54 Å². The highest BCUT2D eigenvalue weighted by molar-refractivity contribution is 7.86. The van der Waals surface area contributed by atoms with E-state index in [1.54, 1.807) is 18.2 Å². The van der Waals surface area contributed by atoms with Crippen molar-refractivity contribution >= 4 is 10.1 Å². The molecule has 0 amide bonds. The van der Waals surface area contributed by atoms with Gasteiger partial charge in [-0.05, 0) is 31.4 Å². The molecule has 1 atom stereocenters. The van der Waals surface area contributed by atoms with Gasteiger partial charge >= 0.3 is 0 Å². The fourth-order valence-corrected chi connectivity index (χ4v) is 2.37.